The minimum atomic E-state index is -3.15. The summed E-state index contributed by atoms with van der Waals surface area (Å²) in [6.07, 6.45) is 1.73. The Balaban J connectivity index is 0. The van der Waals surface area contributed by atoms with Crippen molar-refractivity contribution in [3.8, 4) is 0 Å². The highest BCUT2D eigenvalue weighted by Crippen LogP contribution is 2.18. The van der Waals surface area contributed by atoms with Crippen molar-refractivity contribution < 1.29 is 22.4 Å². The summed E-state index contributed by atoms with van der Waals surface area (Å²) >= 11 is 0. The van der Waals surface area contributed by atoms with Crippen LogP contribution in [0.3, 0.4) is 0 Å². The number of rotatable bonds is 14. The summed E-state index contributed by atoms with van der Waals surface area (Å²) in [6.45, 7) is 7.66. The van der Waals surface area contributed by atoms with Crippen molar-refractivity contribution in [2.45, 2.75) is 52.4 Å². The van der Waals surface area contributed by atoms with Gasteiger partial charge in [-0.25, -0.2) is 0 Å². The molecule has 2 unspecified atom stereocenters. The van der Waals surface area contributed by atoms with Gasteiger partial charge in [-0.2, -0.15) is 0 Å². The molecule has 0 aromatic rings. The van der Waals surface area contributed by atoms with Crippen LogP contribution in [0.15, 0.2) is 0 Å². The second-order valence-corrected chi connectivity index (χ2v) is 6.71. The molecule has 0 aromatic heterocycles. The molecule has 0 saturated carbocycles. The molecule has 23 heavy (non-hydrogen) atoms. The van der Waals surface area contributed by atoms with Gasteiger partial charge in [-0.3, -0.25) is 0 Å². The Labute approximate surface area is 145 Å². The third-order valence-corrected chi connectivity index (χ3v) is 5.17. The van der Waals surface area contributed by atoms with E-state index in [0.29, 0.717) is 32.8 Å². The molecular weight excluding hydrogens is 334 g/mol. The van der Waals surface area contributed by atoms with E-state index in [-0.39, 0.29) is 6.04 Å². The van der Waals surface area contributed by atoms with E-state index in [2.05, 4.69) is 5.40 Å². The van der Waals surface area contributed by atoms with Crippen LogP contribution < -0.4 is 16.9 Å². The summed E-state index contributed by atoms with van der Waals surface area (Å²) in [6, 6.07) is 0.0411. The van der Waals surface area contributed by atoms with Crippen LogP contribution in [-0.2, 0) is 22.4 Å². The molecule has 0 aromatic carbocycles. The van der Waals surface area contributed by atoms with Gasteiger partial charge >= 0.3 is 9.05 Å². The Morgan fingerprint density at radius 2 is 1.52 bits per heavy atom. The van der Waals surface area contributed by atoms with Crippen molar-refractivity contribution in [2.24, 2.45) is 16.9 Å². The predicted molar refractivity (Wildman–Crippen MR) is 97.5 cm³/mol. The smallest absolute Gasteiger partial charge is 0.358 e. The molecule has 0 aliphatic rings. The standard InChI is InChI=1S/C13H32N2O5Si.H5NSi/c1-5-17-13(9-8-12(15)10-11-14)20-21(16-4,18-6-2)19-7-3;1-2/h12-13H,5-11,14-15H2,1-4H3;1H2,2H3. The SMILES string of the molecule is CCOC(CCC(N)CCN)O[Si](OC)(OCC)OCC.N[SiH3]. The van der Waals surface area contributed by atoms with Crippen LogP contribution in [-0.4, -0.2) is 65.3 Å². The fourth-order valence-electron chi connectivity index (χ4n) is 1.86. The van der Waals surface area contributed by atoms with Crippen LogP contribution >= 0.6 is 0 Å². The quantitative estimate of drug-likeness (QED) is 0.268. The monoisotopic (exact) mass is 371 g/mol. The molecule has 0 spiro atoms. The van der Waals surface area contributed by atoms with Crippen LogP contribution in [0.25, 0.3) is 0 Å². The van der Waals surface area contributed by atoms with Crippen molar-refractivity contribution in [1.82, 2.24) is 0 Å². The average molecular weight is 372 g/mol. The average Bonchev–Trinajstić information content (AvgIpc) is 2.55. The first-order chi connectivity index (χ1) is 11.1. The Morgan fingerprint density at radius 1 is 0.957 bits per heavy atom. The molecular formula is C13H37N3O5Si2. The van der Waals surface area contributed by atoms with Gasteiger partial charge in [-0.05, 0) is 46.6 Å². The Hall–Kier alpha value is 0.114. The molecule has 0 fully saturated rings. The van der Waals surface area contributed by atoms with Gasteiger partial charge in [0.1, 0.15) is 0 Å². The van der Waals surface area contributed by atoms with E-state index < -0.39 is 15.3 Å². The first kappa shape index (κ1) is 25.4. The van der Waals surface area contributed by atoms with Crippen LogP contribution in [0.1, 0.15) is 40.0 Å². The third kappa shape index (κ3) is 12.2. The lowest BCUT2D eigenvalue weighted by Crippen LogP contribution is -2.51. The van der Waals surface area contributed by atoms with E-state index in [0.717, 1.165) is 23.2 Å². The van der Waals surface area contributed by atoms with Crippen LogP contribution in [0.5, 0.6) is 0 Å². The van der Waals surface area contributed by atoms with E-state index in [1.54, 1.807) is 0 Å². The van der Waals surface area contributed by atoms with Gasteiger partial charge in [0.25, 0.3) is 0 Å². The van der Waals surface area contributed by atoms with Crippen LogP contribution in [0, 0.1) is 0 Å². The lowest BCUT2D eigenvalue weighted by molar-refractivity contribution is -0.147. The Morgan fingerprint density at radius 3 is 1.91 bits per heavy atom. The van der Waals surface area contributed by atoms with E-state index in [4.69, 9.17) is 33.9 Å². The number of hydrogen-bond donors (Lipinski definition) is 3. The van der Waals surface area contributed by atoms with E-state index >= 15 is 0 Å². The third-order valence-electron chi connectivity index (χ3n) is 2.83. The minimum absolute atomic E-state index is 0.0411. The summed E-state index contributed by atoms with van der Waals surface area (Å²) in [5.74, 6) is 0. The zero-order valence-electron chi connectivity index (χ0n) is 15.4. The molecule has 142 valence electrons. The van der Waals surface area contributed by atoms with Crippen molar-refractivity contribution in [3.05, 3.63) is 0 Å². The zero-order chi connectivity index (χ0) is 18.1. The fourth-order valence-corrected chi connectivity index (χ4v) is 3.63. The Bertz CT molecular complexity index is 250. The van der Waals surface area contributed by atoms with Gasteiger partial charge in [0.2, 0.25) is 0 Å². The van der Waals surface area contributed by atoms with Gasteiger partial charge < -0.3 is 39.3 Å². The second-order valence-electron chi connectivity index (χ2n) is 4.49. The molecule has 0 aliphatic carbocycles. The molecule has 0 aliphatic heterocycles. The van der Waals surface area contributed by atoms with E-state index in [1.165, 1.54) is 7.11 Å². The summed E-state index contributed by atoms with van der Waals surface area (Å²) in [5.41, 5.74) is 11.5. The van der Waals surface area contributed by atoms with Crippen LogP contribution in [0.4, 0.5) is 0 Å². The minimum Gasteiger partial charge on any atom is -0.358 e. The van der Waals surface area contributed by atoms with Crippen LogP contribution in [0.2, 0.25) is 0 Å². The molecule has 0 bridgehead atoms. The molecule has 8 nitrogen and oxygen atoms in total. The summed E-state index contributed by atoms with van der Waals surface area (Å²) in [5, 5.41) is 4.64. The number of nitrogens with two attached hydrogens (primary N) is 3. The first-order valence-electron chi connectivity index (χ1n) is 8.23. The van der Waals surface area contributed by atoms with Gasteiger partial charge in [-0.15, -0.1) is 0 Å². The summed E-state index contributed by atoms with van der Waals surface area (Å²) in [4.78, 5) is 0. The maximum Gasteiger partial charge on any atom is 0.681 e. The maximum absolute atomic E-state index is 5.97. The lowest BCUT2D eigenvalue weighted by atomic mass is 10.1. The van der Waals surface area contributed by atoms with Crippen molar-refractivity contribution in [2.75, 3.05) is 33.5 Å². The normalized spacial score (nSPS) is 14.2. The fraction of sp³-hybridized carbons (Fsp3) is 1.00. The molecule has 0 heterocycles. The molecule has 0 rings (SSSR count). The van der Waals surface area contributed by atoms with E-state index in [1.807, 2.05) is 20.8 Å². The highest BCUT2D eigenvalue weighted by molar-refractivity contribution is 6.53. The van der Waals surface area contributed by atoms with Gasteiger partial charge in [0, 0.05) is 33.0 Å². The van der Waals surface area contributed by atoms with Gasteiger partial charge in [0.05, 0.1) is 10.4 Å². The predicted octanol–water partition coefficient (Wildman–Crippen LogP) is -0.798. The molecule has 0 amide bonds. The maximum atomic E-state index is 5.97. The zero-order valence-corrected chi connectivity index (χ0v) is 18.4. The molecule has 10 heteroatoms. The summed E-state index contributed by atoms with van der Waals surface area (Å²) < 4.78 is 28.1. The van der Waals surface area contributed by atoms with Crippen molar-refractivity contribution in [3.63, 3.8) is 0 Å². The van der Waals surface area contributed by atoms with Gasteiger partial charge in [0.15, 0.2) is 6.29 Å². The largest absolute Gasteiger partial charge is 0.681 e. The first-order valence-corrected chi connectivity index (χ1v) is 11.0. The number of hydrogen-bond acceptors (Lipinski definition) is 8. The lowest BCUT2D eigenvalue weighted by Gasteiger charge is -2.30. The molecule has 0 saturated heterocycles. The summed E-state index contributed by atoms with van der Waals surface area (Å²) in [7, 11) is -0.817. The topological polar surface area (TPSA) is 124 Å². The molecule has 6 N–H and O–H groups in total. The van der Waals surface area contributed by atoms with E-state index in [9.17, 15) is 0 Å². The molecule has 2 atom stereocenters. The van der Waals surface area contributed by atoms with Crippen molar-refractivity contribution >= 4 is 19.5 Å². The molecule has 0 radical (unpaired) electrons. The highest BCUT2D eigenvalue weighted by Gasteiger charge is 2.46. The number of ether oxygens (including phenoxy) is 1. The highest BCUT2D eigenvalue weighted by atomic mass is 28.4. The van der Waals surface area contributed by atoms with Gasteiger partial charge in [-0.1, -0.05) is 0 Å². The Kier molecular flexibility index (Phi) is 18.7. The van der Waals surface area contributed by atoms with Crippen molar-refractivity contribution in [1.29, 1.82) is 0 Å². The second kappa shape index (κ2) is 17.0.